The van der Waals surface area contributed by atoms with Gasteiger partial charge in [0.1, 0.15) is 5.75 Å². The standard InChI is InChI=1S/C25H27N3O5/c1-16-11-21(17(2)28(16)19-7-10-23-24(12-19)33-15-32-23)22(29)13-27(3)14-25(30)26-18-5-8-20(31-4)9-6-18/h5-12H,13-15H2,1-4H3,(H,26,30). The first kappa shape index (κ1) is 22.4. The molecule has 172 valence electrons. The van der Waals surface area contributed by atoms with Gasteiger partial charge in [0.15, 0.2) is 17.3 Å². The summed E-state index contributed by atoms with van der Waals surface area (Å²) < 4.78 is 18.0. The van der Waals surface area contributed by atoms with E-state index in [0.717, 1.165) is 17.1 Å². The number of benzene rings is 2. The van der Waals surface area contributed by atoms with Crippen LogP contribution in [0.5, 0.6) is 17.2 Å². The van der Waals surface area contributed by atoms with Crippen LogP contribution in [0.2, 0.25) is 0 Å². The molecule has 0 saturated heterocycles. The summed E-state index contributed by atoms with van der Waals surface area (Å²) in [5, 5.41) is 2.83. The van der Waals surface area contributed by atoms with Crippen molar-refractivity contribution >= 4 is 17.4 Å². The quantitative estimate of drug-likeness (QED) is 0.530. The summed E-state index contributed by atoms with van der Waals surface area (Å²) in [5.41, 5.74) is 3.99. The molecule has 0 aliphatic carbocycles. The number of rotatable bonds is 8. The van der Waals surface area contributed by atoms with Crippen LogP contribution in [0.25, 0.3) is 5.69 Å². The zero-order valence-electron chi connectivity index (χ0n) is 19.2. The Morgan fingerprint density at radius 2 is 1.76 bits per heavy atom. The van der Waals surface area contributed by atoms with Gasteiger partial charge in [-0.3, -0.25) is 14.5 Å². The summed E-state index contributed by atoms with van der Waals surface area (Å²) in [4.78, 5) is 27.1. The molecule has 2 heterocycles. The van der Waals surface area contributed by atoms with E-state index < -0.39 is 0 Å². The van der Waals surface area contributed by atoms with E-state index in [9.17, 15) is 9.59 Å². The van der Waals surface area contributed by atoms with Gasteiger partial charge in [-0.25, -0.2) is 0 Å². The lowest BCUT2D eigenvalue weighted by Gasteiger charge is -2.16. The predicted octanol–water partition coefficient (Wildman–Crippen LogP) is 3.58. The zero-order valence-corrected chi connectivity index (χ0v) is 19.2. The largest absolute Gasteiger partial charge is 0.497 e. The van der Waals surface area contributed by atoms with Gasteiger partial charge in [0, 0.05) is 34.4 Å². The Hall–Kier alpha value is -3.78. The summed E-state index contributed by atoms with van der Waals surface area (Å²) in [6, 6.07) is 14.7. The van der Waals surface area contributed by atoms with Crippen LogP contribution in [0.1, 0.15) is 21.7 Å². The molecular weight excluding hydrogens is 422 g/mol. The molecule has 0 atom stereocenters. The van der Waals surface area contributed by atoms with E-state index in [4.69, 9.17) is 14.2 Å². The number of methoxy groups -OCH3 is 1. The lowest BCUT2D eigenvalue weighted by molar-refractivity contribution is -0.116. The van der Waals surface area contributed by atoms with E-state index >= 15 is 0 Å². The van der Waals surface area contributed by atoms with Crippen molar-refractivity contribution in [1.29, 1.82) is 0 Å². The van der Waals surface area contributed by atoms with Crippen molar-refractivity contribution in [1.82, 2.24) is 9.47 Å². The molecule has 1 aromatic heterocycles. The Morgan fingerprint density at radius 1 is 1.03 bits per heavy atom. The van der Waals surface area contributed by atoms with Gasteiger partial charge in [0.05, 0.1) is 20.2 Å². The van der Waals surface area contributed by atoms with Crippen LogP contribution in [0, 0.1) is 13.8 Å². The molecule has 0 radical (unpaired) electrons. The Bertz CT molecular complexity index is 1180. The summed E-state index contributed by atoms with van der Waals surface area (Å²) in [7, 11) is 3.34. The maximum atomic E-state index is 13.0. The van der Waals surface area contributed by atoms with Crippen LogP contribution in [0.15, 0.2) is 48.5 Å². The maximum absolute atomic E-state index is 13.0. The van der Waals surface area contributed by atoms with Crippen LogP contribution in [0.3, 0.4) is 0 Å². The summed E-state index contributed by atoms with van der Waals surface area (Å²) in [6.07, 6.45) is 0. The first-order valence-corrected chi connectivity index (χ1v) is 10.6. The molecule has 8 nitrogen and oxygen atoms in total. The Kier molecular flexibility index (Phi) is 6.37. The zero-order chi connectivity index (χ0) is 23.5. The molecular formula is C25H27N3O5. The number of aryl methyl sites for hydroxylation is 1. The average molecular weight is 450 g/mol. The molecule has 3 aromatic rings. The van der Waals surface area contributed by atoms with Crippen molar-refractivity contribution in [2.45, 2.75) is 13.8 Å². The molecule has 2 aromatic carbocycles. The molecule has 4 rings (SSSR count). The molecule has 0 fully saturated rings. The highest BCUT2D eigenvalue weighted by Crippen LogP contribution is 2.35. The van der Waals surface area contributed by atoms with E-state index in [0.29, 0.717) is 28.5 Å². The molecule has 1 aliphatic rings. The predicted molar refractivity (Wildman–Crippen MR) is 125 cm³/mol. The van der Waals surface area contributed by atoms with Gasteiger partial charge < -0.3 is 24.1 Å². The number of hydrogen-bond donors (Lipinski definition) is 1. The number of nitrogens with one attached hydrogen (secondary N) is 1. The topological polar surface area (TPSA) is 82.0 Å². The van der Waals surface area contributed by atoms with Crippen LogP contribution in [-0.2, 0) is 4.79 Å². The number of ether oxygens (including phenoxy) is 3. The fourth-order valence-electron chi connectivity index (χ4n) is 3.97. The van der Waals surface area contributed by atoms with Gasteiger partial charge >= 0.3 is 0 Å². The van der Waals surface area contributed by atoms with Gasteiger partial charge in [-0.1, -0.05) is 0 Å². The molecule has 1 amide bonds. The van der Waals surface area contributed by atoms with Gasteiger partial charge in [-0.05, 0) is 63.4 Å². The fraction of sp³-hybridized carbons (Fsp3) is 0.280. The minimum Gasteiger partial charge on any atom is -0.497 e. The van der Waals surface area contributed by atoms with Crippen LogP contribution in [0.4, 0.5) is 5.69 Å². The van der Waals surface area contributed by atoms with Crippen molar-refractivity contribution in [3.63, 3.8) is 0 Å². The molecule has 1 N–H and O–H groups in total. The average Bonchev–Trinajstić information content (AvgIpc) is 3.37. The third-order valence-electron chi connectivity index (χ3n) is 5.55. The number of fused-ring (bicyclic) bond motifs is 1. The highest BCUT2D eigenvalue weighted by atomic mass is 16.7. The fourth-order valence-corrected chi connectivity index (χ4v) is 3.97. The number of carbonyl (C=O) groups is 2. The van der Waals surface area contributed by atoms with Crippen molar-refractivity contribution in [3.05, 3.63) is 65.5 Å². The molecule has 0 saturated carbocycles. The van der Waals surface area contributed by atoms with E-state index in [2.05, 4.69) is 5.32 Å². The SMILES string of the molecule is COc1ccc(NC(=O)CN(C)CC(=O)c2cc(C)n(-c3ccc4c(c3)OCO4)c2C)cc1. The van der Waals surface area contributed by atoms with E-state index in [1.165, 1.54) is 0 Å². The van der Waals surface area contributed by atoms with Gasteiger partial charge in [-0.15, -0.1) is 0 Å². The van der Waals surface area contributed by atoms with Crippen LogP contribution >= 0.6 is 0 Å². The second kappa shape index (κ2) is 9.38. The number of amides is 1. The van der Waals surface area contributed by atoms with Crippen molar-refractivity contribution in [2.24, 2.45) is 0 Å². The lowest BCUT2D eigenvalue weighted by atomic mass is 10.1. The minimum absolute atomic E-state index is 0.0464. The summed E-state index contributed by atoms with van der Waals surface area (Å²) in [5.74, 6) is 1.88. The number of likely N-dealkylation sites (N-methyl/N-ethyl adjacent to an activating group) is 1. The number of nitrogens with zero attached hydrogens (tertiary/aromatic N) is 2. The number of hydrogen-bond acceptors (Lipinski definition) is 6. The molecule has 0 spiro atoms. The first-order chi connectivity index (χ1) is 15.9. The molecule has 1 aliphatic heterocycles. The molecule has 0 bridgehead atoms. The second-order valence-electron chi connectivity index (χ2n) is 8.03. The van der Waals surface area contributed by atoms with E-state index in [1.54, 1.807) is 43.3 Å². The Morgan fingerprint density at radius 3 is 2.48 bits per heavy atom. The molecule has 0 unspecified atom stereocenters. The normalized spacial score (nSPS) is 12.2. The summed E-state index contributed by atoms with van der Waals surface area (Å²) in [6.45, 7) is 4.31. The van der Waals surface area contributed by atoms with E-state index in [1.807, 2.05) is 42.7 Å². The van der Waals surface area contributed by atoms with Gasteiger partial charge in [-0.2, -0.15) is 0 Å². The minimum atomic E-state index is -0.193. The third-order valence-corrected chi connectivity index (χ3v) is 5.55. The third kappa shape index (κ3) is 4.85. The van der Waals surface area contributed by atoms with Crippen molar-refractivity contribution in [2.75, 3.05) is 39.4 Å². The van der Waals surface area contributed by atoms with Crippen molar-refractivity contribution < 1.29 is 23.8 Å². The number of Topliss-reactive ketones (excluding diaryl/α,β-unsaturated/α-hetero) is 1. The summed E-state index contributed by atoms with van der Waals surface area (Å²) >= 11 is 0. The number of ketones is 1. The highest BCUT2D eigenvalue weighted by molar-refractivity contribution is 5.99. The van der Waals surface area contributed by atoms with Crippen molar-refractivity contribution in [3.8, 4) is 22.9 Å². The van der Waals surface area contributed by atoms with Gasteiger partial charge in [0.2, 0.25) is 12.7 Å². The number of carbonyl (C=O) groups excluding carboxylic acids is 2. The van der Waals surface area contributed by atoms with Crippen LogP contribution in [-0.4, -0.2) is 55.2 Å². The second-order valence-corrected chi connectivity index (χ2v) is 8.03. The van der Waals surface area contributed by atoms with Crippen LogP contribution < -0.4 is 19.5 Å². The lowest BCUT2D eigenvalue weighted by Crippen LogP contribution is -2.34. The monoisotopic (exact) mass is 449 g/mol. The van der Waals surface area contributed by atoms with Gasteiger partial charge in [0.25, 0.3) is 0 Å². The highest BCUT2D eigenvalue weighted by Gasteiger charge is 2.21. The number of aromatic nitrogens is 1. The Balaban J connectivity index is 1.40. The first-order valence-electron chi connectivity index (χ1n) is 10.6. The molecule has 33 heavy (non-hydrogen) atoms. The molecule has 8 heteroatoms. The van der Waals surface area contributed by atoms with E-state index in [-0.39, 0.29) is 31.6 Å². The smallest absolute Gasteiger partial charge is 0.238 e. The maximum Gasteiger partial charge on any atom is 0.238 e. The Labute approximate surface area is 192 Å². The number of anilines is 1.